The third-order valence-corrected chi connectivity index (χ3v) is 6.88. The normalized spacial score (nSPS) is 24.8. The van der Waals surface area contributed by atoms with Crippen LogP contribution in [0.15, 0.2) is 28.7 Å². The molecule has 6 heteroatoms. The summed E-state index contributed by atoms with van der Waals surface area (Å²) in [5.41, 5.74) is 0.621. The molecule has 1 saturated heterocycles. The van der Waals surface area contributed by atoms with Crippen LogP contribution in [0, 0.1) is 5.92 Å². The minimum Gasteiger partial charge on any atom is -0.467 e. The van der Waals surface area contributed by atoms with E-state index in [1.54, 1.807) is 16.7 Å². The van der Waals surface area contributed by atoms with Gasteiger partial charge >= 0.3 is 5.97 Å². The second kappa shape index (κ2) is 7.91. The van der Waals surface area contributed by atoms with Crippen molar-refractivity contribution in [1.29, 1.82) is 0 Å². The largest absolute Gasteiger partial charge is 0.467 e. The molecule has 1 amide bonds. The Kier molecular flexibility index (Phi) is 5.87. The zero-order valence-electron chi connectivity index (χ0n) is 13.7. The van der Waals surface area contributed by atoms with Gasteiger partial charge in [-0.25, -0.2) is 4.79 Å². The van der Waals surface area contributed by atoms with E-state index in [0.29, 0.717) is 17.2 Å². The maximum atomic E-state index is 13.1. The van der Waals surface area contributed by atoms with E-state index < -0.39 is 6.04 Å². The molecule has 2 aliphatic rings. The van der Waals surface area contributed by atoms with Gasteiger partial charge < -0.3 is 9.64 Å². The van der Waals surface area contributed by atoms with Gasteiger partial charge in [-0.05, 0) is 43.0 Å². The highest BCUT2D eigenvalue weighted by atomic mass is 79.9. The zero-order chi connectivity index (χ0) is 17.1. The van der Waals surface area contributed by atoms with Crippen LogP contribution in [-0.2, 0) is 9.53 Å². The van der Waals surface area contributed by atoms with Crippen molar-refractivity contribution in [3.05, 3.63) is 34.3 Å². The van der Waals surface area contributed by atoms with Crippen LogP contribution in [0.25, 0.3) is 0 Å². The van der Waals surface area contributed by atoms with E-state index in [-0.39, 0.29) is 17.3 Å². The Bertz CT molecular complexity index is 601. The highest BCUT2D eigenvalue weighted by Crippen LogP contribution is 2.41. The highest BCUT2D eigenvalue weighted by Gasteiger charge is 2.45. The number of rotatable bonds is 3. The lowest BCUT2D eigenvalue weighted by Gasteiger charge is -2.35. The molecule has 0 N–H and O–H groups in total. The first-order valence-corrected chi connectivity index (χ1v) is 10.2. The van der Waals surface area contributed by atoms with Gasteiger partial charge in [-0.15, -0.1) is 11.8 Å². The molecule has 0 radical (unpaired) electrons. The van der Waals surface area contributed by atoms with Crippen LogP contribution in [0.1, 0.15) is 42.5 Å². The summed E-state index contributed by atoms with van der Waals surface area (Å²) < 4.78 is 5.89. The first-order chi connectivity index (χ1) is 11.6. The molecule has 0 bridgehead atoms. The Morgan fingerprint density at radius 1 is 1.17 bits per heavy atom. The quantitative estimate of drug-likeness (QED) is 0.702. The average Bonchev–Trinajstić information content (AvgIpc) is 3.07. The second-order valence-corrected chi connectivity index (χ2v) is 8.45. The lowest BCUT2D eigenvalue weighted by atomic mass is 9.88. The van der Waals surface area contributed by atoms with E-state index in [9.17, 15) is 9.59 Å². The minimum absolute atomic E-state index is 0.0709. The number of ether oxygens (including phenoxy) is 1. The molecule has 2 atom stereocenters. The summed E-state index contributed by atoms with van der Waals surface area (Å²) in [7, 11) is 1.39. The predicted octanol–water partition coefficient (Wildman–Crippen LogP) is 4.09. The number of amides is 1. The first-order valence-electron chi connectivity index (χ1n) is 8.39. The molecule has 1 heterocycles. The van der Waals surface area contributed by atoms with Gasteiger partial charge in [0.25, 0.3) is 5.91 Å². The van der Waals surface area contributed by atoms with Crippen LogP contribution in [0.5, 0.6) is 0 Å². The number of carbonyl (C=O) groups excluding carboxylic acids is 2. The fourth-order valence-corrected chi connectivity index (χ4v) is 5.51. The standard InChI is InChI=1S/C18H22BrNO3S/c1-23-18(22)15-11-24-17(13-5-3-2-4-6-13)20(15)16(21)12-7-9-14(19)10-8-12/h7-10,13,15,17H,2-6,11H2,1H3/t15-,17-/m0/s1. The van der Waals surface area contributed by atoms with E-state index in [1.807, 2.05) is 24.3 Å². The van der Waals surface area contributed by atoms with Crippen LogP contribution < -0.4 is 0 Å². The summed E-state index contributed by atoms with van der Waals surface area (Å²) in [5.74, 6) is 0.707. The van der Waals surface area contributed by atoms with Crippen molar-refractivity contribution in [2.45, 2.75) is 43.5 Å². The average molecular weight is 412 g/mol. The molecular weight excluding hydrogens is 390 g/mol. The Labute approximate surface area is 155 Å². The Balaban J connectivity index is 1.87. The molecule has 0 unspecified atom stereocenters. The van der Waals surface area contributed by atoms with E-state index in [4.69, 9.17) is 4.74 Å². The minimum atomic E-state index is -0.483. The number of methoxy groups -OCH3 is 1. The summed E-state index contributed by atoms with van der Waals surface area (Å²) in [6, 6.07) is 6.85. The van der Waals surface area contributed by atoms with Crippen molar-refractivity contribution in [3.8, 4) is 0 Å². The lowest BCUT2D eigenvalue weighted by Crippen LogP contribution is -2.48. The van der Waals surface area contributed by atoms with Crippen LogP contribution in [0.2, 0.25) is 0 Å². The molecule has 4 nitrogen and oxygen atoms in total. The molecule has 2 fully saturated rings. The summed E-state index contributed by atoms with van der Waals surface area (Å²) in [5, 5.41) is 0.0746. The van der Waals surface area contributed by atoms with Gasteiger partial charge in [0.15, 0.2) is 0 Å². The van der Waals surface area contributed by atoms with Gasteiger partial charge in [0.1, 0.15) is 6.04 Å². The Morgan fingerprint density at radius 2 is 1.83 bits per heavy atom. The van der Waals surface area contributed by atoms with E-state index >= 15 is 0 Å². The fraction of sp³-hybridized carbons (Fsp3) is 0.556. The third kappa shape index (κ3) is 3.64. The molecule has 1 aliphatic carbocycles. The number of hydrogen-bond acceptors (Lipinski definition) is 4. The van der Waals surface area contributed by atoms with Crippen molar-refractivity contribution in [2.24, 2.45) is 5.92 Å². The number of nitrogens with zero attached hydrogens (tertiary/aromatic N) is 1. The first kappa shape index (κ1) is 17.8. The van der Waals surface area contributed by atoms with E-state index in [1.165, 1.54) is 26.4 Å². The van der Waals surface area contributed by atoms with Crippen LogP contribution in [0.4, 0.5) is 0 Å². The Morgan fingerprint density at radius 3 is 2.46 bits per heavy atom. The van der Waals surface area contributed by atoms with Gasteiger partial charge in [0.05, 0.1) is 12.5 Å². The predicted molar refractivity (Wildman–Crippen MR) is 98.9 cm³/mol. The van der Waals surface area contributed by atoms with Crippen molar-refractivity contribution >= 4 is 39.6 Å². The summed E-state index contributed by atoms with van der Waals surface area (Å²) >= 11 is 5.13. The van der Waals surface area contributed by atoms with Crippen molar-refractivity contribution < 1.29 is 14.3 Å². The van der Waals surface area contributed by atoms with Gasteiger partial charge in [0.2, 0.25) is 0 Å². The molecule has 1 aromatic rings. The van der Waals surface area contributed by atoms with E-state index in [2.05, 4.69) is 15.9 Å². The van der Waals surface area contributed by atoms with Crippen molar-refractivity contribution in [1.82, 2.24) is 4.90 Å². The molecule has 0 aromatic heterocycles. The lowest BCUT2D eigenvalue weighted by molar-refractivity contribution is -0.145. The fourth-order valence-electron chi connectivity index (χ4n) is 3.63. The maximum Gasteiger partial charge on any atom is 0.329 e. The zero-order valence-corrected chi connectivity index (χ0v) is 16.1. The van der Waals surface area contributed by atoms with Crippen LogP contribution in [-0.4, -0.2) is 41.1 Å². The molecule has 0 spiro atoms. The number of carbonyl (C=O) groups is 2. The molecular formula is C18H22BrNO3S. The van der Waals surface area contributed by atoms with Crippen LogP contribution in [0.3, 0.4) is 0 Å². The molecule has 1 aliphatic heterocycles. The smallest absolute Gasteiger partial charge is 0.329 e. The van der Waals surface area contributed by atoms with Crippen molar-refractivity contribution in [3.63, 3.8) is 0 Å². The summed E-state index contributed by atoms with van der Waals surface area (Å²) in [4.78, 5) is 27.1. The molecule has 24 heavy (non-hydrogen) atoms. The molecule has 3 rings (SSSR count). The number of halogens is 1. The monoisotopic (exact) mass is 411 g/mol. The third-order valence-electron chi connectivity index (χ3n) is 4.89. The van der Waals surface area contributed by atoms with Gasteiger partial charge in [-0.3, -0.25) is 4.79 Å². The number of thioether (sulfide) groups is 1. The van der Waals surface area contributed by atoms with Crippen LogP contribution >= 0.6 is 27.7 Å². The molecule has 130 valence electrons. The SMILES string of the molecule is COC(=O)[C@@H]1CS[C@@H](C2CCCCC2)N1C(=O)c1ccc(Br)cc1. The Hall–Kier alpha value is -1.01. The topological polar surface area (TPSA) is 46.6 Å². The maximum absolute atomic E-state index is 13.1. The number of hydrogen-bond donors (Lipinski definition) is 0. The number of esters is 1. The molecule has 1 aromatic carbocycles. The molecule has 1 saturated carbocycles. The van der Waals surface area contributed by atoms with Crippen molar-refractivity contribution in [2.75, 3.05) is 12.9 Å². The number of benzene rings is 1. The van der Waals surface area contributed by atoms with Gasteiger partial charge in [-0.1, -0.05) is 35.2 Å². The second-order valence-electron chi connectivity index (χ2n) is 6.38. The summed E-state index contributed by atoms with van der Waals surface area (Å²) in [6.07, 6.45) is 5.97. The van der Waals surface area contributed by atoms with Gasteiger partial charge in [0, 0.05) is 15.8 Å². The van der Waals surface area contributed by atoms with Gasteiger partial charge in [-0.2, -0.15) is 0 Å². The highest BCUT2D eigenvalue weighted by molar-refractivity contribution is 9.10. The van der Waals surface area contributed by atoms with E-state index in [0.717, 1.165) is 17.3 Å². The summed E-state index contributed by atoms with van der Waals surface area (Å²) in [6.45, 7) is 0.